The van der Waals surface area contributed by atoms with Crippen molar-refractivity contribution in [1.82, 2.24) is 5.32 Å². The third kappa shape index (κ3) is 7.96. The molecule has 30 heavy (non-hydrogen) atoms. The standard InChI is InChI=1S/C20H28N2O7S/c1-14-17(18(22-20(30)21-14)15-3-2-4-16(24)13-15)19(25)29-12-11-28-10-9-27-8-7-26-6-5-23/h2-4,13,17-18,23-24H,5-12H2,1H3,(H,22,30). The smallest absolute Gasteiger partial charge is 0.317 e. The molecule has 0 aromatic heterocycles. The summed E-state index contributed by atoms with van der Waals surface area (Å²) in [6.07, 6.45) is 0. The van der Waals surface area contributed by atoms with E-state index in [0.717, 1.165) is 0 Å². The Bertz CT molecular complexity index is 729. The molecule has 1 aromatic rings. The van der Waals surface area contributed by atoms with Crippen molar-refractivity contribution in [2.24, 2.45) is 10.9 Å². The van der Waals surface area contributed by atoms with Gasteiger partial charge in [-0.3, -0.25) is 4.79 Å². The van der Waals surface area contributed by atoms with Gasteiger partial charge in [-0.25, -0.2) is 4.99 Å². The van der Waals surface area contributed by atoms with Gasteiger partial charge >= 0.3 is 5.97 Å². The van der Waals surface area contributed by atoms with Gasteiger partial charge in [-0.15, -0.1) is 0 Å². The van der Waals surface area contributed by atoms with E-state index in [4.69, 9.17) is 36.3 Å². The van der Waals surface area contributed by atoms with Crippen LogP contribution in [0.15, 0.2) is 29.3 Å². The highest BCUT2D eigenvalue weighted by Crippen LogP contribution is 2.29. The van der Waals surface area contributed by atoms with Crippen LogP contribution < -0.4 is 5.32 Å². The molecule has 0 spiro atoms. The summed E-state index contributed by atoms with van der Waals surface area (Å²) in [7, 11) is 0. The van der Waals surface area contributed by atoms with Crippen LogP contribution in [0.25, 0.3) is 0 Å². The largest absolute Gasteiger partial charge is 0.508 e. The maximum absolute atomic E-state index is 12.7. The lowest BCUT2D eigenvalue weighted by Crippen LogP contribution is -2.44. The lowest BCUT2D eigenvalue weighted by molar-refractivity contribution is -0.148. The van der Waals surface area contributed by atoms with Crippen LogP contribution in [0.2, 0.25) is 0 Å². The fraction of sp³-hybridized carbons (Fsp3) is 0.550. The van der Waals surface area contributed by atoms with E-state index < -0.39 is 17.9 Å². The zero-order chi connectivity index (χ0) is 21.8. The Balaban J connectivity index is 1.74. The molecule has 0 saturated heterocycles. The number of phenolic OH excluding ortho intramolecular Hbond substituents is 1. The zero-order valence-corrected chi connectivity index (χ0v) is 17.7. The van der Waals surface area contributed by atoms with E-state index in [9.17, 15) is 9.90 Å². The number of rotatable bonds is 13. The summed E-state index contributed by atoms with van der Waals surface area (Å²) >= 11 is 5.15. The highest BCUT2D eigenvalue weighted by Gasteiger charge is 2.37. The fourth-order valence-electron chi connectivity index (χ4n) is 2.92. The van der Waals surface area contributed by atoms with Gasteiger partial charge in [-0.2, -0.15) is 0 Å². The molecule has 2 atom stereocenters. The van der Waals surface area contributed by atoms with E-state index in [1.54, 1.807) is 31.2 Å². The lowest BCUT2D eigenvalue weighted by atomic mass is 9.88. The number of aliphatic imine (C=N–C) groups is 1. The van der Waals surface area contributed by atoms with E-state index in [-0.39, 0.29) is 30.7 Å². The Morgan fingerprint density at radius 1 is 1.10 bits per heavy atom. The van der Waals surface area contributed by atoms with Gasteiger partial charge in [-0.1, -0.05) is 12.1 Å². The van der Waals surface area contributed by atoms with Crippen molar-refractivity contribution in [3.05, 3.63) is 29.8 Å². The van der Waals surface area contributed by atoms with Crippen molar-refractivity contribution in [1.29, 1.82) is 0 Å². The van der Waals surface area contributed by atoms with Crippen LogP contribution in [-0.2, 0) is 23.7 Å². The number of aliphatic hydroxyl groups is 1. The van der Waals surface area contributed by atoms with Crippen LogP contribution in [0.4, 0.5) is 0 Å². The second-order valence-corrected chi connectivity index (χ2v) is 6.87. The molecule has 2 unspecified atom stereocenters. The molecule has 1 aromatic carbocycles. The Morgan fingerprint density at radius 2 is 1.73 bits per heavy atom. The minimum atomic E-state index is -0.666. The van der Waals surface area contributed by atoms with Crippen molar-refractivity contribution < 1.29 is 34.0 Å². The Kier molecular flexibility index (Phi) is 10.7. The monoisotopic (exact) mass is 440 g/mol. The quantitative estimate of drug-likeness (QED) is 0.234. The number of nitrogens with zero attached hydrogens (tertiary/aromatic N) is 1. The summed E-state index contributed by atoms with van der Waals surface area (Å²) in [6, 6.07) is 6.17. The summed E-state index contributed by atoms with van der Waals surface area (Å²) in [5.74, 6) is -1.01. The maximum atomic E-state index is 12.7. The molecule has 1 aliphatic rings. The number of benzene rings is 1. The van der Waals surface area contributed by atoms with Gasteiger partial charge in [0.25, 0.3) is 0 Å². The average Bonchev–Trinajstić information content (AvgIpc) is 2.71. The lowest BCUT2D eigenvalue weighted by Gasteiger charge is -2.31. The molecule has 0 bridgehead atoms. The first-order valence-electron chi connectivity index (χ1n) is 9.68. The van der Waals surface area contributed by atoms with Crippen molar-refractivity contribution in [2.75, 3.05) is 52.9 Å². The molecule has 0 radical (unpaired) electrons. The van der Waals surface area contributed by atoms with Crippen molar-refractivity contribution >= 4 is 29.0 Å². The first-order chi connectivity index (χ1) is 14.5. The van der Waals surface area contributed by atoms with Crippen LogP contribution in [0.5, 0.6) is 5.75 Å². The van der Waals surface area contributed by atoms with E-state index in [1.807, 2.05) is 0 Å². The van der Waals surface area contributed by atoms with Gasteiger partial charge in [0.2, 0.25) is 0 Å². The number of phenols is 1. The number of hydrogen-bond acceptors (Lipinski definition) is 8. The molecule has 9 nitrogen and oxygen atoms in total. The molecule has 0 saturated carbocycles. The molecule has 2 rings (SSSR count). The number of aromatic hydroxyl groups is 1. The molecular weight excluding hydrogens is 412 g/mol. The van der Waals surface area contributed by atoms with E-state index >= 15 is 0 Å². The average molecular weight is 441 g/mol. The van der Waals surface area contributed by atoms with Crippen LogP contribution in [0.3, 0.4) is 0 Å². The van der Waals surface area contributed by atoms with Crippen molar-refractivity contribution in [3.63, 3.8) is 0 Å². The predicted octanol–water partition coefficient (Wildman–Crippen LogP) is 0.984. The summed E-state index contributed by atoms with van der Waals surface area (Å²) in [4.78, 5) is 16.9. The first kappa shape index (κ1) is 24.2. The molecule has 10 heteroatoms. The minimum absolute atomic E-state index is 0.00856. The normalized spacial score (nSPS) is 18.6. The van der Waals surface area contributed by atoms with E-state index in [1.165, 1.54) is 0 Å². The minimum Gasteiger partial charge on any atom is -0.508 e. The second kappa shape index (κ2) is 13.2. The van der Waals surface area contributed by atoms with Crippen LogP contribution in [-0.4, -0.2) is 79.9 Å². The first-order valence-corrected chi connectivity index (χ1v) is 10.1. The van der Waals surface area contributed by atoms with Crippen LogP contribution in [0, 0.1) is 5.92 Å². The summed E-state index contributed by atoms with van der Waals surface area (Å²) in [5.41, 5.74) is 1.26. The van der Waals surface area contributed by atoms with Gasteiger partial charge in [0, 0.05) is 5.71 Å². The third-order valence-electron chi connectivity index (χ3n) is 4.28. The molecule has 3 N–H and O–H groups in total. The third-order valence-corrected chi connectivity index (χ3v) is 4.48. The maximum Gasteiger partial charge on any atom is 0.317 e. The summed E-state index contributed by atoms with van der Waals surface area (Å²) in [6.45, 7) is 3.95. The van der Waals surface area contributed by atoms with E-state index in [2.05, 4.69) is 10.3 Å². The topological polar surface area (TPSA) is 119 Å². The SMILES string of the molecule is CC1=NC(=S)NC(c2cccc(O)c2)C1C(=O)OCCOCCOCCOCCO. The number of ether oxygens (including phenoxy) is 4. The number of hydrogen-bond donors (Lipinski definition) is 3. The predicted molar refractivity (Wildman–Crippen MR) is 114 cm³/mol. The molecular formula is C20H28N2O7S. The molecule has 1 aliphatic heterocycles. The number of nitrogens with one attached hydrogen (secondary N) is 1. The Morgan fingerprint density at radius 3 is 2.37 bits per heavy atom. The van der Waals surface area contributed by atoms with Gasteiger partial charge in [-0.05, 0) is 36.8 Å². The molecule has 0 amide bonds. The molecule has 0 aliphatic carbocycles. The van der Waals surface area contributed by atoms with Crippen molar-refractivity contribution in [3.8, 4) is 5.75 Å². The zero-order valence-electron chi connectivity index (χ0n) is 16.9. The summed E-state index contributed by atoms with van der Waals surface area (Å²) < 4.78 is 21.1. The summed E-state index contributed by atoms with van der Waals surface area (Å²) in [5, 5.41) is 21.7. The fourth-order valence-corrected chi connectivity index (χ4v) is 3.19. The molecule has 1 heterocycles. The van der Waals surface area contributed by atoms with E-state index in [0.29, 0.717) is 44.3 Å². The van der Waals surface area contributed by atoms with Gasteiger partial charge in [0.05, 0.1) is 52.3 Å². The molecule has 166 valence electrons. The number of carbonyl (C=O) groups excluding carboxylic acids is 1. The second-order valence-electron chi connectivity index (χ2n) is 6.48. The van der Waals surface area contributed by atoms with Gasteiger partial charge < -0.3 is 34.5 Å². The molecule has 0 fully saturated rings. The van der Waals surface area contributed by atoms with Gasteiger partial charge in [0.1, 0.15) is 18.3 Å². The number of thiocarbonyl (C=S) groups is 1. The Labute approximate surface area is 181 Å². The highest BCUT2D eigenvalue weighted by atomic mass is 32.1. The van der Waals surface area contributed by atoms with Crippen LogP contribution >= 0.6 is 12.2 Å². The highest BCUT2D eigenvalue weighted by molar-refractivity contribution is 7.80. The number of carbonyl (C=O) groups is 1. The van der Waals surface area contributed by atoms with Crippen molar-refractivity contribution in [2.45, 2.75) is 13.0 Å². The number of aliphatic hydroxyl groups excluding tert-OH is 1. The Hall–Kier alpha value is -2.11. The number of esters is 1. The van der Waals surface area contributed by atoms with Gasteiger partial charge in [0.15, 0.2) is 5.11 Å². The van der Waals surface area contributed by atoms with Crippen LogP contribution in [0.1, 0.15) is 18.5 Å².